The van der Waals surface area contributed by atoms with E-state index in [1.54, 1.807) is 0 Å². The van der Waals surface area contributed by atoms with Crippen LogP contribution in [0.25, 0.3) is 10.9 Å². The highest BCUT2D eigenvalue weighted by Crippen LogP contribution is 2.41. The van der Waals surface area contributed by atoms with E-state index in [1.807, 2.05) is 0 Å². The molecule has 1 unspecified atom stereocenters. The number of benzene rings is 2. The minimum absolute atomic E-state index is 0.0143. The number of hydrogen-bond donors (Lipinski definition) is 2. The van der Waals surface area contributed by atoms with Gasteiger partial charge in [0.25, 0.3) is 0 Å². The molecular formula is C19H20N2. The van der Waals surface area contributed by atoms with Gasteiger partial charge in [-0.1, -0.05) is 48.5 Å². The summed E-state index contributed by atoms with van der Waals surface area (Å²) in [5, 5.41) is 5.05. The molecule has 0 bridgehead atoms. The standard InChI is InChI=1S/C19H20N2/c1-19(2)18-17(14-10-6-7-11-16(14)21-18)15(12-20-19)13-8-4-3-5-9-13/h3-11,15,20-21H,12H2,1-2H3. The average molecular weight is 276 g/mol. The SMILES string of the molecule is CC1(C)NCC(c2ccccc2)c2c1[nH]c1ccccc21. The lowest BCUT2D eigenvalue weighted by Gasteiger charge is -2.36. The molecule has 21 heavy (non-hydrogen) atoms. The summed E-state index contributed by atoms with van der Waals surface area (Å²) in [6, 6.07) is 19.4. The van der Waals surface area contributed by atoms with Crippen molar-refractivity contribution in [2.75, 3.05) is 6.54 Å². The Labute approximate surface area is 125 Å². The van der Waals surface area contributed by atoms with Gasteiger partial charge < -0.3 is 10.3 Å². The predicted molar refractivity (Wildman–Crippen MR) is 87.6 cm³/mol. The van der Waals surface area contributed by atoms with Crippen molar-refractivity contribution in [2.24, 2.45) is 0 Å². The first-order valence-corrected chi connectivity index (χ1v) is 7.58. The lowest BCUT2D eigenvalue weighted by atomic mass is 9.80. The fraction of sp³-hybridized carbons (Fsp3) is 0.263. The minimum atomic E-state index is -0.0143. The highest BCUT2D eigenvalue weighted by molar-refractivity contribution is 5.86. The normalized spacial score (nSPS) is 20.4. The van der Waals surface area contributed by atoms with Crippen LogP contribution in [0.5, 0.6) is 0 Å². The second-order valence-corrected chi connectivity index (χ2v) is 6.43. The summed E-state index contributed by atoms with van der Waals surface area (Å²) in [4.78, 5) is 3.64. The molecule has 1 aliphatic rings. The van der Waals surface area contributed by atoms with Crippen LogP contribution in [0.3, 0.4) is 0 Å². The average Bonchev–Trinajstić information content (AvgIpc) is 2.90. The van der Waals surface area contributed by atoms with Crippen molar-refractivity contribution in [1.29, 1.82) is 0 Å². The Morgan fingerprint density at radius 2 is 1.67 bits per heavy atom. The van der Waals surface area contributed by atoms with Crippen molar-refractivity contribution in [1.82, 2.24) is 10.3 Å². The lowest BCUT2D eigenvalue weighted by molar-refractivity contribution is 0.360. The molecule has 0 saturated carbocycles. The quantitative estimate of drug-likeness (QED) is 0.687. The highest BCUT2D eigenvalue weighted by Gasteiger charge is 2.35. The third-order valence-corrected chi connectivity index (χ3v) is 4.67. The van der Waals surface area contributed by atoms with E-state index in [2.05, 4.69) is 78.7 Å². The molecule has 2 nitrogen and oxygen atoms in total. The van der Waals surface area contributed by atoms with Gasteiger partial charge in [0.2, 0.25) is 0 Å². The van der Waals surface area contributed by atoms with Crippen LogP contribution in [0.2, 0.25) is 0 Å². The van der Waals surface area contributed by atoms with Crippen LogP contribution in [0.15, 0.2) is 54.6 Å². The molecule has 4 rings (SSSR count). The number of fused-ring (bicyclic) bond motifs is 3. The summed E-state index contributed by atoms with van der Waals surface area (Å²) >= 11 is 0. The Morgan fingerprint density at radius 1 is 0.952 bits per heavy atom. The van der Waals surface area contributed by atoms with E-state index in [4.69, 9.17) is 0 Å². The number of rotatable bonds is 1. The predicted octanol–water partition coefficient (Wildman–Crippen LogP) is 4.14. The summed E-state index contributed by atoms with van der Waals surface area (Å²) in [6.45, 7) is 5.48. The Hall–Kier alpha value is -2.06. The Kier molecular flexibility index (Phi) is 2.69. The van der Waals surface area contributed by atoms with Crippen molar-refractivity contribution >= 4 is 10.9 Å². The molecule has 106 valence electrons. The van der Waals surface area contributed by atoms with E-state index in [0.29, 0.717) is 5.92 Å². The maximum absolute atomic E-state index is 3.69. The van der Waals surface area contributed by atoms with Crippen LogP contribution in [0, 0.1) is 0 Å². The minimum Gasteiger partial charge on any atom is -0.357 e. The van der Waals surface area contributed by atoms with Crippen LogP contribution >= 0.6 is 0 Å². The first-order valence-electron chi connectivity index (χ1n) is 7.58. The zero-order valence-electron chi connectivity index (χ0n) is 12.5. The number of hydrogen-bond acceptors (Lipinski definition) is 1. The lowest BCUT2D eigenvalue weighted by Crippen LogP contribution is -2.44. The van der Waals surface area contributed by atoms with E-state index in [-0.39, 0.29) is 5.54 Å². The fourth-order valence-corrected chi connectivity index (χ4v) is 3.54. The maximum atomic E-state index is 3.69. The first-order chi connectivity index (χ1) is 10.2. The molecule has 1 atom stereocenters. The number of aromatic nitrogens is 1. The van der Waals surface area contributed by atoms with Crippen LogP contribution in [0.4, 0.5) is 0 Å². The first kappa shape index (κ1) is 12.7. The number of aromatic amines is 1. The molecular weight excluding hydrogens is 256 g/mol. The molecule has 2 aromatic carbocycles. The monoisotopic (exact) mass is 276 g/mol. The molecule has 1 aromatic heterocycles. The van der Waals surface area contributed by atoms with Crippen molar-refractivity contribution in [3.63, 3.8) is 0 Å². The van der Waals surface area contributed by atoms with Gasteiger partial charge in [0.1, 0.15) is 0 Å². The summed E-state index contributed by atoms with van der Waals surface area (Å²) in [5.74, 6) is 0.408. The molecule has 2 N–H and O–H groups in total. The Balaban J connectivity index is 1.99. The third kappa shape index (κ3) is 1.90. The zero-order chi connectivity index (χ0) is 14.4. The summed E-state index contributed by atoms with van der Waals surface area (Å²) < 4.78 is 0. The van der Waals surface area contributed by atoms with Crippen LogP contribution in [-0.4, -0.2) is 11.5 Å². The topological polar surface area (TPSA) is 27.8 Å². The summed E-state index contributed by atoms with van der Waals surface area (Å²) in [7, 11) is 0. The van der Waals surface area contributed by atoms with E-state index in [0.717, 1.165) is 6.54 Å². The van der Waals surface area contributed by atoms with Gasteiger partial charge in [0, 0.05) is 29.1 Å². The van der Waals surface area contributed by atoms with Crippen LogP contribution < -0.4 is 5.32 Å². The van der Waals surface area contributed by atoms with Crippen LogP contribution in [-0.2, 0) is 5.54 Å². The summed E-state index contributed by atoms with van der Waals surface area (Å²) in [5.41, 5.74) is 5.38. The molecule has 0 spiro atoms. The Bertz CT molecular complexity index is 784. The van der Waals surface area contributed by atoms with Crippen molar-refractivity contribution in [3.8, 4) is 0 Å². The van der Waals surface area contributed by atoms with E-state index in [9.17, 15) is 0 Å². The van der Waals surface area contributed by atoms with Gasteiger partial charge in [-0.15, -0.1) is 0 Å². The third-order valence-electron chi connectivity index (χ3n) is 4.67. The van der Waals surface area contributed by atoms with Crippen molar-refractivity contribution in [2.45, 2.75) is 25.3 Å². The second kappa shape index (κ2) is 4.47. The molecule has 0 amide bonds. The van der Waals surface area contributed by atoms with E-state index >= 15 is 0 Å². The van der Waals surface area contributed by atoms with Gasteiger partial charge in [-0.2, -0.15) is 0 Å². The fourth-order valence-electron chi connectivity index (χ4n) is 3.54. The van der Waals surface area contributed by atoms with Gasteiger partial charge in [-0.3, -0.25) is 0 Å². The summed E-state index contributed by atoms with van der Waals surface area (Å²) in [6.07, 6.45) is 0. The van der Waals surface area contributed by atoms with Gasteiger partial charge in [-0.05, 0) is 31.0 Å². The smallest absolute Gasteiger partial charge is 0.0533 e. The van der Waals surface area contributed by atoms with Crippen LogP contribution in [0.1, 0.15) is 36.6 Å². The maximum Gasteiger partial charge on any atom is 0.0533 e. The zero-order valence-corrected chi connectivity index (χ0v) is 12.5. The number of para-hydroxylation sites is 1. The molecule has 1 aliphatic heterocycles. The van der Waals surface area contributed by atoms with E-state index in [1.165, 1.54) is 27.7 Å². The molecule has 2 heteroatoms. The second-order valence-electron chi connectivity index (χ2n) is 6.43. The van der Waals surface area contributed by atoms with Crippen molar-refractivity contribution in [3.05, 3.63) is 71.4 Å². The molecule has 0 radical (unpaired) electrons. The molecule has 2 heterocycles. The van der Waals surface area contributed by atoms with Crippen molar-refractivity contribution < 1.29 is 0 Å². The molecule has 3 aromatic rings. The number of nitrogens with one attached hydrogen (secondary N) is 2. The largest absolute Gasteiger partial charge is 0.357 e. The van der Waals surface area contributed by atoms with Gasteiger partial charge in [-0.25, -0.2) is 0 Å². The highest BCUT2D eigenvalue weighted by atomic mass is 15.0. The Morgan fingerprint density at radius 3 is 2.48 bits per heavy atom. The number of H-pyrrole nitrogens is 1. The molecule has 0 saturated heterocycles. The van der Waals surface area contributed by atoms with E-state index < -0.39 is 0 Å². The molecule has 0 fully saturated rings. The van der Waals surface area contributed by atoms with Gasteiger partial charge >= 0.3 is 0 Å². The molecule has 0 aliphatic carbocycles. The van der Waals surface area contributed by atoms with Gasteiger partial charge in [0.05, 0.1) is 5.54 Å². The van der Waals surface area contributed by atoms with Gasteiger partial charge in [0.15, 0.2) is 0 Å².